The summed E-state index contributed by atoms with van der Waals surface area (Å²) in [4.78, 5) is 10.7. The Kier molecular flexibility index (Phi) is 4.07. The highest BCUT2D eigenvalue weighted by molar-refractivity contribution is 5.77. The number of carboxylic acids is 1. The van der Waals surface area contributed by atoms with Gasteiger partial charge >= 0.3 is 5.97 Å². The van der Waals surface area contributed by atoms with Gasteiger partial charge in [0.2, 0.25) is 0 Å². The zero-order chi connectivity index (χ0) is 12.9. The van der Waals surface area contributed by atoms with Crippen LogP contribution in [0.25, 0.3) is 0 Å². The Labute approximate surface area is 99.3 Å². The quantitative estimate of drug-likeness (QED) is 0.706. The number of nitriles is 1. The number of carboxylic acid groups (broad SMARTS) is 1. The molecule has 0 bridgehead atoms. The van der Waals surface area contributed by atoms with Crippen LogP contribution in [0, 0.1) is 11.3 Å². The van der Waals surface area contributed by atoms with Gasteiger partial charge in [0.1, 0.15) is 0 Å². The molecule has 0 saturated carbocycles. The Morgan fingerprint density at radius 3 is 2.53 bits per heavy atom. The molecule has 90 valence electrons. The van der Waals surface area contributed by atoms with Gasteiger partial charge in [0.25, 0.3) is 0 Å². The number of carbonyl (C=O) groups is 1. The van der Waals surface area contributed by atoms with E-state index in [0.29, 0.717) is 12.1 Å². The molecule has 0 aromatic heterocycles. The van der Waals surface area contributed by atoms with Gasteiger partial charge in [-0.2, -0.15) is 5.26 Å². The van der Waals surface area contributed by atoms with Gasteiger partial charge < -0.3 is 15.5 Å². The molecule has 0 saturated heterocycles. The van der Waals surface area contributed by atoms with Crippen LogP contribution >= 0.6 is 0 Å². The summed E-state index contributed by atoms with van der Waals surface area (Å²) in [6.07, 6.45) is 0.340. The lowest BCUT2D eigenvalue weighted by molar-refractivity contribution is -0.155. The molecule has 1 unspecified atom stereocenters. The summed E-state index contributed by atoms with van der Waals surface area (Å²) in [7, 11) is 0. The maximum Gasteiger partial charge on any atom is 0.337 e. The van der Waals surface area contributed by atoms with Crippen molar-refractivity contribution < 1.29 is 15.0 Å². The van der Waals surface area contributed by atoms with Crippen molar-refractivity contribution in [3.05, 3.63) is 29.8 Å². The van der Waals surface area contributed by atoms with Crippen LogP contribution in [0.15, 0.2) is 24.3 Å². The number of anilines is 1. The first kappa shape index (κ1) is 13.0. The molecular formula is C12H14N2O3. The van der Waals surface area contributed by atoms with E-state index in [1.54, 1.807) is 24.3 Å². The van der Waals surface area contributed by atoms with E-state index in [-0.39, 0.29) is 6.54 Å². The molecule has 5 heteroatoms. The lowest BCUT2D eigenvalue weighted by Gasteiger charge is -2.19. The number of nitrogens with zero attached hydrogens (tertiary/aromatic N) is 1. The normalized spacial score (nSPS) is 13.5. The van der Waals surface area contributed by atoms with E-state index in [2.05, 4.69) is 5.32 Å². The molecule has 0 spiro atoms. The highest BCUT2D eigenvalue weighted by atomic mass is 16.4. The molecule has 1 aromatic rings. The second kappa shape index (κ2) is 5.32. The molecule has 0 aliphatic heterocycles. The van der Waals surface area contributed by atoms with E-state index in [0.717, 1.165) is 5.56 Å². The molecule has 0 radical (unpaired) electrons. The molecule has 0 aliphatic rings. The second-order valence-electron chi connectivity index (χ2n) is 3.96. The summed E-state index contributed by atoms with van der Waals surface area (Å²) in [6, 6.07) is 9.08. The van der Waals surface area contributed by atoms with Crippen molar-refractivity contribution >= 4 is 11.7 Å². The topological polar surface area (TPSA) is 93.4 Å². The Bertz CT molecular complexity index is 432. The summed E-state index contributed by atoms with van der Waals surface area (Å²) >= 11 is 0. The number of hydrogen-bond acceptors (Lipinski definition) is 4. The van der Waals surface area contributed by atoms with Crippen LogP contribution in [0.2, 0.25) is 0 Å². The number of hydrogen-bond donors (Lipinski definition) is 3. The minimum Gasteiger partial charge on any atom is -0.479 e. The monoisotopic (exact) mass is 234 g/mol. The highest BCUT2D eigenvalue weighted by Crippen LogP contribution is 2.12. The Morgan fingerprint density at radius 2 is 2.06 bits per heavy atom. The number of nitrogens with one attached hydrogen (secondary N) is 1. The Morgan fingerprint density at radius 1 is 1.47 bits per heavy atom. The van der Waals surface area contributed by atoms with Crippen LogP contribution < -0.4 is 5.32 Å². The van der Waals surface area contributed by atoms with Gasteiger partial charge in [0.15, 0.2) is 5.60 Å². The van der Waals surface area contributed by atoms with Crippen LogP contribution in [-0.4, -0.2) is 28.3 Å². The molecule has 3 N–H and O–H groups in total. The molecule has 0 amide bonds. The largest absolute Gasteiger partial charge is 0.479 e. The second-order valence-corrected chi connectivity index (χ2v) is 3.96. The average molecular weight is 234 g/mol. The molecule has 0 fully saturated rings. The van der Waals surface area contributed by atoms with E-state index in [4.69, 9.17) is 10.4 Å². The van der Waals surface area contributed by atoms with Crippen molar-refractivity contribution in [1.82, 2.24) is 0 Å². The Balaban J connectivity index is 2.59. The van der Waals surface area contributed by atoms with Crippen molar-refractivity contribution in [3.8, 4) is 6.07 Å². The fourth-order valence-electron chi connectivity index (χ4n) is 1.18. The van der Waals surface area contributed by atoms with Crippen molar-refractivity contribution in [3.63, 3.8) is 0 Å². The summed E-state index contributed by atoms with van der Waals surface area (Å²) < 4.78 is 0. The minimum absolute atomic E-state index is 0.0834. The van der Waals surface area contributed by atoms with Crippen molar-refractivity contribution in [2.75, 3.05) is 11.9 Å². The fourth-order valence-corrected chi connectivity index (χ4v) is 1.18. The lowest BCUT2D eigenvalue weighted by atomic mass is 10.1. The van der Waals surface area contributed by atoms with Gasteiger partial charge in [-0.05, 0) is 24.6 Å². The summed E-state index contributed by atoms with van der Waals surface area (Å²) in [5, 5.41) is 29.5. The molecule has 5 nitrogen and oxygen atoms in total. The smallest absolute Gasteiger partial charge is 0.337 e. The van der Waals surface area contributed by atoms with E-state index in [9.17, 15) is 9.90 Å². The zero-order valence-corrected chi connectivity index (χ0v) is 9.47. The third kappa shape index (κ3) is 3.78. The molecule has 1 aromatic carbocycles. The molecule has 0 aliphatic carbocycles. The van der Waals surface area contributed by atoms with Gasteiger partial charge in [-0.15, -0.1) is 0 Å². The van der Waals surface area contributed by atoms with E-state index in [1.165, 1.54) is 6.92 Å². The van der Waals surface area contributed by atoms with Gasteiger partial charge in [-0.3, -0.25) is 0 Å². The lowest BCUT2D eigenvalue weighted by Crippen LogP contribution is -2.41. The van der Waals surface area contributed by atoms with Crippen LogP contribution in [0.4, 0.5) is 5.69 Å². The fraction of sp³-hybridized carbons (Fsp3) is 0.333. The molecule has 17 heavy (non-hydrogen) atoms. The van der Waals surface area contributed by atoms with E-state index >= 15 is 0 Å². The number of aliphatic carboxylic acids is 1. The van der Waals surface area contributed by atoms with Crippen molar-refractivity contribution in [2.45, 2.75) is 18.9 Å². The number of aliphatic hydroxyl groups is 1. The predicted molar refractivity (Wildman–Crippen MR) is 62.5 cm³/mol. The molecule has 0 heterocycles. The van der Waals surface area contributed by atoms with Crippen LogP contribution in [0.5, 0.6) is 0 Å². The minimum atomic E-state index is -1.80. The first-order valence-corrected chi connectivity index (χ1v) is 5.11. The highest BCUT2D eigenvalue weighted by Gasteiger charge is 2.29. The standard InChI is InChI=1S/C12H14N2O3/c1-12(17,11(15)16)8-14-10-4-2-9(3-5-10)6-7-13/h2-5,14,17H,6,8H2,1H3,(H,15,16). The summed E-state index contributed by atoms with van der Waals surface area (Å²) in [5.74, 6) is -1.27. The van der Waals surface area contributed by atoms with E-state index < -0.39 is 11.6 Å². The maximum atomic E-state index is 10.7. The average Bonchev–Trinajstić information content (AvgIpc) is 2.28. The first-order valence-electron chi connectivity index (χ1n) is 5.11. The molecular weight excluding hydrogens is 220 g/mol. The van der Waals surface area contributed by atoms with Crippen LogP contribution in [0.3, 0.4) is 0 Å². The van der Waals surface area contributed by atoms with E-state index in [1.807, 2.05) is 6.07 Å². The van der Waals surface area contributed by atoms with Gasteiger partial charge in [0.05, 0.1) is 19.0 Å². The van der Waals surface area contributed by atoms with Gasteiger partial charge in [0, 0.05) is 5.69 Å². The van der Waals surface area contributed by atoms with Gasteiger partial charge in [-0.25, -0.2) is 4.79 Å². The predicted octanol–water partition coefficient (Wildman–Crippen LogP) is 1.00. The molecule has 1 rings (SSSR count). The third-order valence-electron chi connectivity index (χ3n) is 2.33. The van der Waals surface area contributed by atoms with Crippen molar-refractivity contribution in [2.24, 2.45) is 0 Å². The molecule has 1 atom stereocenters. The SMILES string of the molecule is CC(O)(CNc1ccc(CC#N)cc1)C(=O)O. The van der Waals surface area contributed by atoms with Gasteiger partial charge in [-0.1, -0.05) is 12.1 Å². The maximum absolute atomic E-state index is 10.7. The summed E-state index contributed by atoms with van der Waals surface area (Å²) in [6.45, 7) is 1.15. The van der Waals surface area contributed by atoms with Crippen molar-refractivity contribution in [1.29, 1.82) is 5.26 Å². The summed E-state index contributed by atoms with van der Waals surface area (Å²) in [5.41, 5.74) is -0.207. The van der Waals surface area contributed by atoms with Crippen LogP contribution in [-0.2, 0) is 11.2 Å². The first-order chi connectivity index (χ1) is 7.95. The van der Waals surface area contributed by atoms with Crippen LogP contribution in [0.1, 0.15) is 12.5 Å². The third-order valence-corrected chi connectivity index (χ3v) is 2.33. The Hall–Kier alpha value is -2.06. The number of rotatable bonds is 5. The number of benzene rings is 1. The zero-order valence-electron chi connectivity index (χ0n) is 9.47.